The Morgan fingerprint density at radius 1 is 1.22 bits per heavy atom. The third-order valence-electron chi connectivity index (χ3n) is 5.00. The maximum Gasteiger partial charge on any atom is 0.350 e. The molecule has 1 aliphatic heterocycles. The number of esters is 1. The Balaban J connectivity index is 1.56. The molecule has 27 heavy (non-hydrogen) atoms. The smallest absolute Gasteiger partial charge is 0.350 e. The summed E-state index contributed by atoms with van der Waals surface area (Å²) in [5.41, 5.74) is 0.489. The van der Waals surface area contributed by atoms with Gasteiger partial charge in [0.1, 0.15) is 4.88 Å². The van der Waals surface area contributed by atoms with E-state index in [4.69, 9.17) is 4.74 Å². The average Bonchev–Trinajstić information content (AvgIpc) is 3.12. The molecule has 1 aromatic heterocycles. The van der Waals surface area contributed by atoms with Gasteiger partial charge in [-0.2, -0.15) is 0 Å². The van der Waals surface area contributed by atoms with Crippen LogP contribution in [-0.4, -0.2) is 46.7 Å². The first-order valence-electron chi connectivity index (χ1n) is 9.22. The van der Waals surface area contributed by atoms with Crippen LogP contribution in [0.25, 0.3) is 0 Å². The Kier molecular flexibility index (Phi) is 5.88. The van der Waals surface area contributed by atoms with Gasteiger partial charge in [0, 0.05) is 13.0 Å². The second-order valence-corrected chi connectivity index (χ2v) is 7.78. The molecule has 0 radical (unpaired) electrons. The highest BCUT2D eigenvalue weighted by atomic mass is 32.1. The zero-order valence-electron chi connectivity index (χ0n) is 15.4. The Labute approximate surface area is 161 Å². The van der Waals surface area contributed by atoms with Crippen LogP contribution >= 0.6 is 11.3 Å². The molecule has 3 amide bonds. The van der Waals surface area contributed by atoms with E-state index in [1.165, 1.54) is 4.90 Å². The van der Waals surface area contributed by atoms with Gasteiger partial charge in [-0.05, 0) is 26.7 Å². The minimum Gasteiger partial charge on any atom is -0.462 e. The molecule has 1 saturated carbocycles. The molecule has 0 aromatic carbocycles. The molecular formula is C18H23N3O5S. The second-order valence-electron chi connectivity index (χ2n) is 6.78. The lowest BCUT2D eigenvalue weighted by atomic mass is 9.81. The average molecular weight is 393 g/mol. The number of aromatic nitrogens is 1. The standard InChI is InChI=1S/C18H23N3O5S/c1-3-26-17(25)14-10(2)19-18(27-14)20-13(22)8-9-21-15(23)11-6-4-5-7-12(11)16(21)24/h11-12H,3-9H2,1-2H3,(H,19,20,22)/t11-,12-/m1/s1. The van der Waals surface area contributed by atoms with Crippen molar-refractivity contribution in [2.24, 2.45) is 11.8 Å². The SMILES string of the molecule is CCOC(=O)c1sc(NC(=O)CCN2C(=O)[C@@H]3CCCC[C@H]3C2=O)nc1C. The van der Waals surface area contributed by atoms with E-state index in [-0.39, 0.29) is 49.1 Å². The fraction of sp³-hybridized carbons (Fsp3) is 0.611. The fourth-order valence-corrected chi connectivity index (χ4v) is 4.56. The van der Waals surface area contributed by atoms with E-state index < -0.39 is 5.97 Å². The minimum atomic E-state index is -0.469. The van der Waals surface area contributed by atoms with Crippen LogP contribution in [0.4, 0.5) is 5.13 Å². The van der Waals surface area contributed by atoms with Gasteiger partial charge in [-0.15, -0.1) is 0 Å². The number of aryl methyl sites for hydroxylation is 1. The number of likely N-dealkylation sites (tertiary alicyclic amines) is 1. The number of thiazole rings is 1. The summed E-state index contributed by atoms with van der Waals surface area (Å²) in [6.07, 6.45) is 3.46. The van der Waals surface area contributed by atoms with Gasteiger partial charge in [0.05, 0.1) is 24.1 Å². The highest BCUT2D eigenvalue weighted by molar-refractivity contribution is 7.17. The predicted molar refractivity (Wildman–Crippen MR) is 98.2 cm³/mol. The summed E-state index contributed by atoms with van der Waals surface area (Å²) in [4.78, 5) is 54.6. The number of rotatable bonds is 6. The van der Waals surface area contributed by atoms with Crippen LogP contribution in [0.2, 0.25) is 0 Å². The summed E-state index contributed by atoms with van der Waals surface area (Å²) in [6.45, 7) is 3.72. The van der Waals surface area contributed by atoms with Gasteiger partial charge in [-0.1, -0.05) is 24.2 Å². The first-order valence-corrected chi connectivity index (χ1v) is 10.0. The zero-order chi connectivity index (χ0) is 19.6. The van der Waals surface area contributed by atoms with Crippen LogP contribution in [0, 0.1) is 18.8 Å². The molecule has 3 rings (SSSR count). The number of nitrogens with zero attached hydrogens (tertiary/aromatic N) is 2. The van der Waals surface area contributed by atoms with E-state index in [2.05, 4.69) is 10.3 Å². The molecule has 0 bridgehead atoms. The molecule has 2 atom stereocenters. The third kappa shape index (κ3) is 4.02. The molecule has 9 heteroatoms. The Morgan fingerprint density at radius 2 is 1.85 bits per heavy atom. The van der Waals surface area contributed by atoms with E-state index in [0.717, 1.165) is 37.0 Å². The van der Waals surface area contributed by atoms with E-state index in [1.807, 2.05) is 0 Å². The molecular weight excluding hydrogens is 370 g/mol. The lowest BCUT2D eigenvalue weighted by Crippen LogP contribution is -2.34. The van der Waals surface area contributed by atoms with E-state index in [1.54, 1.807) is 13.8 Å². The number of anilines is 1. The fourth-order valence-electron chi connectivity index (χ4n) is 3.68. The summed E-state index contributed by atoms with van der Waals surface area (Å²) < 4.78 is 4.95. The van der Waals surface area contributed by atoms with Gasteiger partial charge in [0.2, 0.25) is 17.7 Å². The highest BCUT2D eigenvalue weighted by Crippen LogP contribution is 2.38. The number of nitrogens with one attached hydrogen (secondary N) is 1. The van der Waals surface area contributed by atoms with Crippen molar-refractivity contribution >= 4 is 40.2 Å². The number of amides is 3. The topological polar surface area (TPSA) is 106 Å². The quantitative estimate of drug-likeness (QED) is 0.586. The largest absolute Gasteiger partial charge is 0.462 e. The minimum absolute atomic E-state index is 0.00425. The van der Waals surface area contributed by atoms with Crippen LogP contribution in [0.15, 0.2) is 0 Å². The summed E-state index contributed by atoms with van der Waals surface area (Å²) >= 11 is 1.05. The molecule has 2 aliphatic rings. The Hall–Kier alpha value is -2.29. The zero-order valence-corrected chi connectivity index (χ0v) is 16.3. The van der Waals surface area contributed by atoms with Crippen LogP contribution in [0.5, 0.6) is 0 Å². The van der Waals surface area contributed by atoms with Crippen molar-refractivity contribution in [3.05, 3.63) is 10.6 Å². The first kappa shape index (κ1) is 19.5. The number of hydrogen-bond acceptors (Lipinski definition) is 7. The monoisotopic (exact) mass is 393 g/mol. The van der Waals surface area contributed by atoms with E-state index in [9.17, 15) is 19.2 Å². The van der Waals surface area contributed by atoms with Crippen molar-refractivity contribution in [3.8, 4) is 0 Å². The predicted octanol–water partition coefficient (Wildman–Crippen LogP) is 2.13. The number of carbonyl (C=O) groups excluding carboxylic acids is 4. The lowest BCUT2D eigenvalue weighted by Gasteiger charge is -2.19. The van der Waals surface area contributed by atoms with Crippen molar-refractivity contribution in [2.45, 2.75) is 46.0 Å². The lowest BCUT2D eigenvalue weighted by molar-refractivity contribution is -0.140. The summed E-state index contributed by atoms with van der Waals surface area (Å²) in [6, 6.07) is 0. The van der Waals surface area contributed by atoms with Crippen LogP contribution in [0.1, 0.15) is 54.4 Å². The van der Waals surface area contributed by atoms with Crippen molar-refractivity contribution in [3.63, 3.8) is 0 Å². The van der Waals surface area contributed by atoms with Gasteiger partial charge in [-0.3, -0.25) is 19.3 Å². The molecule has 0 unspecified atom stereocenters. The van der Waals surface area contributed by atoms with Crippen LogP contribution < -0.4 is 5.32 Å². The van der Waals surface area contributed by atoms with Crippen molar-refractivity contribution in [2.75, 3.05) is 18.5 Å². The van der Waals surface area contributed by atoms with Crippen LogP contribution in [0.3, 0.4) is 0 Å². The van der Waals surface area contributed by atoms with E-state index >= 15 is 0 Å². The van der Waals surface area contributed by atoms with Gasteiger partial charge in [0.25, 0.3) is 0 Å². The van der Waals surface area contributed by atoms with Crippen molar-refractivity contribution in [1.82, 2.24) is 9.88 Å². The molecule has 1 saturated heterocycles. The molecule has 1 N–H and O–H groups in total. The molecule has 0 spiro atoms. The molecule has 1 aromatic rings. The maximum absolute atomic E-state index is 12.4. The number of hydrogen-bond donors (Lipinski definition) is 1. The number of ether oxygens (including phenoxy) is 1. The molecule has 8 nitrogen and oxygen atoms in total. The highest BCUT2D eigenvalue weighted by Gasteiger charge is 2.47. The van der Waals surface area contributed by atoms with Gasteiger partial charge in [0.15, 0.2) is 5.13 Å². The molecule has 146 valence electrons. The van der Waals surface area contributed by atoms with Crippen molar-refractivity contribution < 1.29 is 23.9 Å². The molecule has 2 fully saturated rings. The summed E-state index contributed by atoms with van der Waals surface area (Å²) in [5.74, 6) is -1.52. The van der Waals surface area contributed by atoms with Crippen molar-refractivity contribution in [1.29, 1.82) is 0 Å². The number of fused-ring (bicyclic) bond motifs is 1. The Bertz CT molecular complexity index is 751. The van der Waals surface area contributed by atoms with Gasteiger partial charge >= 0.3 is 5.97 Å². The Morgan fingerprint density at radius 3 is 2.44 bits per heavy atom. The van der Waals surface area contributed by atoms with Gasteiger partial charge < -0.3 is 10.1 Å². The normalized spacial score (nSPS) is 21.9. The summed E-state index contributed by atoms with van der Waals surface area (Å²) in [5, 5.41) is 2.93. The number of carbonyl (C=O) groups is 4. The summed E-state index contributed by atoms with van der Waals surface area (Å²) in [7, 11) is 0. The van der Waals surface area contributed by atoms with E-state index in [0.29, 0.717) is 15.7 Å². The number of imide groups is 1. The maximum atomic E-state index is 12.4. The third-order valence-corrected chi connectivity index (χ3v) is 6.05. The van der Waals surface area contributed by atoms with Gasteiger partial charge in [-0.25, -0.2) is 9.78 Å². The molecule has 1 aliphatic carbocycles. The molecule has 2 heterocycles. The van der Waals surface area contributed by atoms with Crippen LogP contribution in [-0.2, 0) is 19.1 Å². The second kappa shape index (κ2) is 8.16. The first-order chi connectivity index (χ1) is 12.9.